The van der Waals surface area contributed by atoms with Crippen LogP contribution in [0.5, 0.6) is 0 Å². The molecule has 2 aromatic rings. The fourth-order valence-electron chi connectivity index (χ4n) is 3.64. The lowest BCUT2D eigenvalue weighted by Gasteiger charge is -2.23. The molecule has 4 atom stereocenters. The van der Waals surface area contributed by atoms with Gasteiger partial charge in [-0.3, -0.25) is 4.79 Å². The Morgan fingerprint density at radius 3 is 1.57 bits per heavy atom. The summed E-state index contributed by atoms with van der Waals surface area (Å²) in [4.78, 5) is 30.8. The standard InChI is InChI=1S/C21H28N6O3/c1-13(15-7-24-20(25-8-15)17-11-22-3-5-29-17)19(28)14(2)16-9-26-21(27-10-16)18-12-23-4-6-30-18/h7-10,13-14,17-18,22-23H,3-6,11-12H2,1-2H3. The fraction of sp³-hybridized carbons (Fsp3) is 0.571. The van der Waals surface area contributed by atoms with E-state index >= 15 is 0 Å². The highest BCUT2D eigenvalue weighted by Crippen LogP contribution is 2.26. The monoisotopic (exact) mass is 412 g/mol. The maximum absolute atomic E-state index is 13.0. The summed E-state index contributed by atoms with van der Waals surface area (Å²) in [5.74, 6) is 0.702. The van der Waals surface area contributed by atoms with Crippen LogP contribution in [0, 0.1) is 0 Å². The van der Waals surface area contributed by atoms with E-state index in [0.29, 0.717) is 38.0 Å². The summed E-state index contributed by atoms with van der Waals surface area (Å²) < 4.78 is 11.4. The molecule has 4 rings (SSSR count). The van der Waals surface area contributed by atoms with Gasteiger partial charge < -0.3 is 20.1 Å². The minimum absolute atomic E-state index is 0.0777. The zero-order valence-corrected chi connectivity index (χ0v) is 17.4. The van der Waals surface area contributed by atoms with Crippen LogP contribution in [0.25, 0.3) is 0 Å². The van der Waals surface area contributed by atoms with Crippen LogP contribution in [0.15, 0.2) is 24.8 Å². The van der Waals surface area contributed by atoms with Gasteiger partial charge in [0.1, 0.15) is 18.0 Å². The molecule has 2 fully saturated rings. The normalized spacial score (nSPS) is 24.2. The highest BCUT2D eigenvalue weighted by atomic mass is 16.5. The largest absolute Gasteiger partial charge is 0.368 e. The first kappa shape index (κ1) is 20.9. The number of rotatable bonds is 6. The van der Waals surface area contributed by atoms with Gasteiger partial charge in [-0.25, -0.2) is 19.9 Å². The molecule has 0 saturated carbocycles. The molecule has 9 heteroatoms. The average molecular weight is 412 g/mol. The Hall–Kier alpha value is -2.33. The van der Waals surface area contributed by atoms with Gasteiger partial charge in [-0.2, -0.15) is 0 Å². The van der Waals surface area contributed by atoms with E-state index in [0.717, 1.165) is 24.2 Å². The van der Waals surface area contributed by atoms with Gasteiger partial charge in [-0.15, -0.1) is 0 Å². The maximum atomic E-state index is 13.0. The summed E-state index contributed by atoms with van der Waals surface area (Å²) in [6.45, 7) is 8.13. The molecule has 0 bridgehead atoms. The Bertz CT molecular complexity index is 763. The second-order valence-electron chi connectivity index (χ2n) is 7.72. The van der Waals surface area contributed by atoms with Crippen molar-refractivity contribution >= 4 is 5.78 Å². The topological polar surface area (TPSA) is 111 Å². The predicted octanol–water partition coefficient (Wildman–Crippen LogP) is 1.06. The molecule has 0 amide bonds. The zero-order valence-electron chi connectivity index (χ0n) is 17.4. The Kier molecular flexibility index (Phi) is 6.73. The Morgan fingerprint density at radius 1 is 0.833 bits per heavy atom. The van der Waals surface area contributed by atoms with Gasteiger partial charge in [0, 0.05) is 62.8 Å². The van der Waals surface area contributed by atoms with Gasteiger partial charge in [0.15, 0.2) is 11.6 Å². The van der Waals surface area contributed by atoms with Crippen molar-refractivity contribution in [2.75, 3.05) is 39.4 Å². The van der Waals surface area contributed by atoms with E-state index in [1.807, 2.05) is 13.8 Å². The number of morpholine rings is 2. The molecule has 2 aliphatic heterocycles. The third kappa shape index (κ3) is 4.70. The van der Waals surface area contributed by atoms with E-state index in [-0.39, 0.29) is 29.8 Å². The molecule has 2 aliphatic rings. The van der Waals surface area contributed by atoms with Gasteiger partial charge in [0.05, 0.1) is 13.2 Å². The van der Waals surface area contributed by atoms with E-state index in [1.165, 1.54) is 0 Å². The molecule has 30 heavy (non-hydrogen) atoms. The maximum Gasteiger partial charge on any atom is 0.158 e. The molecule has 2 N–H and O–H groups in total. The van der Waals surface area contributed by atoms with E-state index in [1.54, 1.807) is 24.8 Å². The first-order chi connectivity index (χ1) is 14.6. The lowest BCUT2D eigenvalue weighted by molar-refractivity contribution is -0.121. The summed E-state index contributed by atoms with van der Waals surface area (Å²) in [6, 6.07) is 0. The van der Waals surface area contributed by atoms with Gasteiger partial charge >= 0.3 is 0 Å². The molecule has 9 nitrogen and oxygen atoms in total. The van der Waals surface area contributed by atoms with Crippen LogP contribution in [0.1, 0.15) is 60.7 Å². The lowest BCUT2D eigenvalue weighted by atomic mass is 9.88. The van der Waals surface area contributed by atoms with Crippen molar-refractivity contribution < 1.29 is 14.3 Å². The SMILES string of the molecule is CC(C(=O)C(C)c1cnc(C2CNCCO2)nc1)c1cnc(C2CNCCO2)nc1. The van der Waals surface area contributed by atoms with Crippen LogP contribution >= 0.6 is 0 Å². The summed E-state index contributed by atoms with van der Waals surface area (Å²) in [5, 5.41) is 6.53. The number of ketones is 1. The van der Waals surface area contributed by atoms with Crippen LogP contribution in [0.4, 0.5) is 0 Å². The highest BCUT2D eigenvalue weighted by molar-refractivity contribution is 5.90. The van der Waals surface area contributed by atoms with Crippen LogP contribution in [-0.4, -0.2) is 65.1 Å². The van der Waals surface area contributed by atoms with E-state index in [9.17, 15) is 4.79 Å². The molecule has 2 aromatic heterocycles. The zero-order chi connectivity index (χ0) is 20.9. The van der Waals surface area contributed by atoms with Gasteiger partial charge in [0.2, 0.25) is 0 Å². The summed E-state index contributed by atoms with van der Waals surface area (Å²) >= 11 is 0. The number of aromatic nitrogens is 4. The Morgan fingerprint density at radius 2 is 1.23 bits per heavy atom. The molecular weight excluding hydrogens is 384 g/mol. The van der Waals surface area contributed by atoms with E-state index < -0.39 is 0 Å². The number of hydrogen-bond acceptors (Lipinski definition) is 9. The average Bonchev–Trinajstić information content (AvgIpc) is 2.84. The highest BCUT2D eigenvalue weighted by Gasteiger charge is 2.26. The Balaban J connectivity index is 1.40. The van der Waals surface area contributed by atoms with Crippen molar-refractivity contribution in [2.24, 2.45) is 0 Å². The molecule has 2 saturated heterocycles. The van der Waals surface area contributed by atoms with Crippen molar-refractivity contribution in [2.45, 2.75) is 37.9 Å². The first-order valence-electron chi connectivity index (χ1n) is 10.5. The lowest BCUT2D eigenvalue weighted by Crippen LogP contribution is -2.34. The van der Waals surface area contributed by atoms with Crippen molar-refractivity contribution in [1.82, 2.24) is 30.6 Å². The quantitative estimate of drug-likeness (QED) is 0.719. The summed E-state index contributed by atoms with van der Waals surface area (Å²) in [7, 11) is 0. The third-order valence-electron chi connectivity index (χ3n) is 5.67. The van der Waals surface area contributed by atoms with Crippen molar-refractivity contribution in [1.29, 1.82) is 0 Å². The molecule has 4 unspecified atom stereocenters. The second kappa shape index (κ2) is 9.65. The van der Waals surface area contributed by atoms with Crippen molar-refractivity contribution in [3.05, 3.63) is 47.6 Å². The number of carbonyl (C=O) groups excluding carboxylic acids is 1. The fourth-order valence-corrected chi connectivity index (χ4v) is 3.64. The molecule has 0 aliphatic carbocycles. The minimum Gasteiger partial charge on any atom is -0.368 e. The minimum atomic E-state index is -0.329. The van der Waals surface area contributed by atoms with Crippen LogP contribution < -0.4 is 10.6 Å². The van der Waals surface area contributed by atoms with Crippen molar-refractivity contribution in [3.63, 3.8) is 0 Å². The Labute approximate surface area is 176 Å². The van der Waals surface area contributed by atoms with E-state index in [2.05, 4.69) is 30.6 Å². The van der Waals surface area contributed by atoms with Crippen LogP contribution in [0.3, 0.4) is 0 Å². The number of nitrogens with one attached hydrogen (secondary N) is 2. The number of hydrogen-bond donors (Lipinski definition) is 2. The number of nitrogens with zero attached hydrogens (tertiary/aromatic N) is 4. The first-order valence-corrected chi connectivity index (χ1v) is 10.5. The van der Waals surface area contributed by atoms with Crippen LogP contribution in [-0.2, 0) is 14.3 Å². The van der Waals surface area contributed by atoms with Crippen LogP contribution in [0.2, 0.25) is 0 Å². The predicted molar refractivity (Wildman–Crippen MR) is 109 cm³/mol. The number of carbonyl (C=O) groups is 1. The van der Waals surface area contributed by atoms with Gasteiger partial charge in [-0.1, -0.05) is 13.8 Å². The number of ether oxygens (including phenoxy) is 2. The van der Waals surface area contributed by atoms with Crippen molar-refractivity contribution in [3.8, 4) is 0 Å². The molecule has 0 radical (unpaired) electrons. The van der Waals surface area contributed by atoms with E-state index in [4.69, 9.17) is 9.47 Å². The van der Waals surface area contributed by atoms with Gasteiger partial charge in [-0.05, 0) is 11.1 Å². The van der Waals surface area contributed by atoms with Gasteiger partial charge in [0.25, 0.3) is 0 Å². The summed E-state index contributed by atoms with van der Waals surface area (Å²) in [6.07, 6.45) is 6.62. The smallest absolute Gasteiger partial charge is 0.158 e. The molecule has 4 heterocycles. The molecule has 160 valence electrons. The summed E-state index contributed by atoms with van der Waals surface area (Å²) in [5.41, 5.74) is 1.58. The molecule has 0 aromatic carbocycles. The number of Topliss-reactive ketones (excluding diaryl/α,β-unsaturated/α-hetero) is 1. The molecular formula is C21H28N6O3. The third-order valence-corrected chi connectivity index (χ3v) is 5.67. The molecule has 0 spiro atoms. The second-order valence-corrected chi connectivity index (χ2v) is 7.72.